The van der Waals surface area contributed by atoms with Crippen molar-refractivity contribution in [3.05, 3.63) is 66.0 Å². The number of benzene rings is 2. The number of hydrogen-bond acceptors (Lipinski definition) is 3. The highest BCUT2D eigenvalue weighted by molar-refractivity contribution is 5.83. The van der Waals surface area contributed by atoms with Crippen LogP contribution in [0.5, 0.6) is 0 Å². The first-order valence-electron chi connectivity index (χ1n) is 7.01. The molecule has 0 bridgehead atoms. The third-order valence-electron chi connectivity index (χ3n) is 3.32. The lowest BCUT2D eigenvalue weighted by Crippen LogP contribution is -2.22. The topological polar surface area (TPSA) is 59.3 Å². The number of para-hydroxylation sites is 2. The van der Waals surface area contributed by atoms with E-state index < -0.39 is 0 Å². The van der Waals surface area contributed by atoms with E-state index in [-0.39, 0.29) is 12.5 Å². The molecule has 0 aliphatic carbocycles. The number of carbonyl (C=O) groups excluding carboxylic acids is 1. The molecule has 5 heteroatoms. The number of amides is 1. The van der Waals surface area contributed by atoms with E-state index in [2.05, 4.69) is 15.5 Å². The summed E-state index contributed by atoms with van der Waals surface area (Å²) >= 11 is 0. The summed E-state index contributed by atoms with van der Waals surface area (Å²) in [6, 6.07) is 15.6. The standard InChI is InChI=1S/C17H16N4O/c1-13-6-8-14(9-7-13)10-19-20-17(22)11-21-12-18-15-4-2-3-5-16(15)21/h2-10,12H,11H2,1H3,(H,20,22). The van der Waals surface area contributed by atoms with Crippen molar-refractivity contribution in [2.75, 3.05) is 0 Å². The second kappa shape index (κ2) is 6.22. The van der Waals surface area contributed by atoms with Crippen LogP contribution in [0.4, 0.5) is 0 Å². The van der Waals surface area contributed by atoms with E-state index in [1.54, 1.807) is 17.1 Å². The fourth-order valence-corrected chi connectivity index (χ4v) is 2.16. The van der Waals surface area contributed by atoms with E-state index in [0.717, 1.165) is 16.6 Å². The summed E-state index contributed by atoms with van der Waals surface area (Å²) < 4.78 is 1.80. The molecule has 22 heavy (non-hydrogen) atoms. The van der Waals surface area contributed by atoms with Crippen LogP contribution < -0.4 is 5.43 Å². The molecule has 1 aromatic heterocycles. The van der Waals surface area contributed by atoms with E-state index in [4.69, 9.17) is 0 Å². The Morgan fingerprint density at radius 2 is 2.00 bits per heavy atom. The zero-order valence-electron chi connectivity index (χ0n) is 12.2. The maximum absolute atomic E-state index is 11.9. The highest BCUT2D eigenvalue weighted by atomic mass is 16.2. The minimum absolute atomic E-state index is 0.186. The van der Waals surface area contributed by atoms with Crippen LogP contribution in [0.2, 0.25) is 0 Å². The van der Waals surface area contributed by atoms with Crippen molar-refractivity contribution in [3.63, 3.8) is 0 Å². The van der Waals surface area contributed by atoms with Crippen molar-refractivity contribution in [2.45, 2.75) is 13.5 Å². The Hall–Kier alpha value is -2.95. The Morgan fingerprint density at radius 3 is 2.82 bits per heavy atom. The van der Waals surface area contributed by atoms with Crippen LogP contribution in [0.3, 0.4) is 0 Å². The van der Waals surface area contributed by atoms with Gasteiger partial charge in [0.25, 0.3) is 5.91 Å². The summed E-state index contributed by atoms with van der Waals surface area (Å²) in [5, 5.41) is 3.97. The van der Waals surface area contributed by atoms with Gasteiger partial charge < -0.3 is 4.57 Å². The lowest BCUT2D eigenvalue weighted by molar-refractivity contribution is -0.121. The smallest absolute Gasteiger partial charge is 0.260 e. The van der Waals surface area contributed by atoms with Crippen LogP contribution in [-0.2, 0) is 11.3 Å². The number of aryl methyl sites for hydroxylation is 1. The number of hydrazone groups is 1. The fraction of sp³-hybridized carbons (Fsp3) is 0.118. The second-order valence-corrected chi connectivity index (χ2v) is 5.07. The number of carbonyl (C=O) groups is 1. The highest BCUT2D eigenvalue weighted by Gasteiger charge is 2.05. The molecule has 1 amide bonds. The number of rotatable bonds is 4. The Morgan fingerprint density at radius 1 is 1.23 bits per heavy atom. The van der Waals surface area contributed by atoms with Crippen molar-refractivity contribution in [1.82, 2.24) is 15.0 Å². The third-order valence-corrected chi connectivity index (χ3v) is 3.32. The normalized spacial score (nSPS) is 11.1. The minimum atomic E-state index is -0.188. The third kappa shape index (κ3) is 3.20. The Labute approximate surface area is 128 Å². The van der Waals surface area contributed by atoms with E-state index in [9.17, 15) is 4.79 Å². The first-order valence-corrected chi connectivity index (χ1v) is 7.01. The quantitative estimate of drug-likeness (QED) is 0.593. The lowest BCUT2D eigenvalue weighted by Gasteiger charge is -2.02. The van der Waals surface area contributed by atoms with Gasteiger partial charge in [-0.05, 0) is 24.6 Å². The maximum atomic E-state index is 11.9. The predicted molar refractivity (Wildman–Crippen MR) is 86.6 cm³/mol. The number of hydrogen-bond donors (Lipinski definition) is 1. The lowest BCUT2D eigenvalue weighted by atomic mass is 10.2. The number of imidazole rings is 1. The summed E-state index contributed by atoms with van der Waals surface area (Å²) in [5.74, 6) is -0.188. The predicted octanol–water partition coefficient (Wildman–Crippen LogP) is 2.50. The molecule has 2 aromatic carbocycles. The van der Waals surface area contributed by atoms with Crippen LogP contribution in [0.15, 0.2) is 60.0 Å². The summed E-state index contributed by atoms with van der Waals surface area (Å²) in [7, 11) is 0. The average molecular weight is 292 g/mol. The van der Waals surface area contributed by atoms with Gasteiger partial charge in [0, 0.05) is 0 Å². The largest absolute Gasteiger partial charge is 0.321 e. The summed E-state index contributed by atoms with van der Waals surface area (Å²) in [6.45, 7) is 2.21. The van der Waals surface area contributed by atoms with Gasteiger partial charge in [-0.15, -0.1) is 0 Å². The maximum Gasteiger partial charge on any atom is 0.260 e. The minimum Gasteiger partial charge on any atom is -0.321 e. The summed E-state index contributed by atoms with van der Waals surface area (Å²) in [4.78, 5) is 16.2. The van der Waals surface area contributed by atoms with Gasteiger partial charge in [0.1, 0.15) is 6.54 Å². The van der Waals surface area contributed by atoms with Crippen molar-refractivity contribution >= 4 is 23.2 Å². The molecular formula is C17H16N4O. The molecule has 110 valence electrons. The molecule has 0 radical (unpaired) electrons. The van der Waals surface area contributed by atoms with Gasteiger partial charge in [-0.25, -0.2) is 10.4 Å². The second-order valence-electron chi connectivity index (χ2n) is 5.07. The molecule has 0 aliphatic heterocycles. The van der Waals surface area contributed by atoms with Gasteiger partial charge in [0.15, 0.2) is 0 Å². The molecule has 5 nitrogen and oxygen atoms in total. The zero-order valence-corrected chi connectivity index (χ0v) is 12.2. The molecular weight excluding hydrogens is 276 g/mol. The summed E-state index contributed by atoms with van der Waals surface area (Å²) in [5.41, 5.74) is 6.47. The van der Waals surface area contributed by atoms with Gasteiger partial charge in [0.05, 0.1) is 23.6 Å². The van der Waals surface area contributed by atoms with E-state index in [1.807, 2.05) is 55.5 Å². The first-order chi connectivity index (χ1) is 10.7. The van der Waals surface area contributed by atoms with Crippen LogP contribution in [-0.4, -0.2) is 21.7 Å². The average Bonchev–Trinajstić information content (AvgIpc) is 2.93. The van der Waals surface area contributed by atoms with Gasteiger partial charge >= 0.3 is 0 Å². The zero-order chi connectivity index (χ0) is 15.4. The number of aromatic nitrogens is 2. The molecule has 0 saturated carbocycles. The number of fused-ring (bicyclic) bond motifs is 1. The van der Waals surface area contributed by atoms with Gasteiger partial charge in [0.2, 0.25) is 0 Å². The fourth-order valence-electron chi connectivity index (χ4n) is 2.16. The van der Waals surface area contributed by atoms with Crippen LogP contribution in [0, 0.1) is 6.92 Å². The molecule has 3 rings (SSSR count). The molecule has 0 atom stereocenters. The summed E-state index contributed by atoms with van der Waals surface area (Å²) in [6.07, 6.45) is 3.29. The van der Waals surface area contributed by atoms with Crippen LogP contribution in [0.25, 0.3) is 11.0 Å². The molecule has 0 aliphatic rings. The van der Waals surface area contributed by atoms with E-state index in [1.165, 1.54) is 5.56 Å². The molecule has 0 spiro atoms. The SMILES string of the molecule is Cc1ccc(C=NNC(=O)Cn2cnc3ccccc32)cc1. The van der Waals surface area contributed by atoms with Crippen LogP contribution >= 0.6 is 0 Å². The van der Waals surface area contributed by atoms with E-state index >= 15 is 0 Å². The van der Waals surface area contributed by atoms with Gasteiger partial charge in [-0.3, -0.25) is 4.79 Å². The molecule has 0 saturated heterocycles. The monoisotopic (exact) mass is 292 g/mol. The van der Waals surface area contributed by atoms with Crippen molar-refractivity contribution in [3.8, 4) is 0 Å². The molecule has 0 unspecified atom stereocenters. The van der Waals surface area contributed by atoms with Gasteiger partial charge in [-0.1, -0.05) is 42.0 Å². The Bertz CT molecular complexity index is 818. The van der Waals surface area contributed by atoms with Crippen LogP contribution in [0.1, 0.15) is 11.1 Å². The number of nitrogens with one attached hydrogen (secondary N) is 1. The highest BCUT2D eigenvalue weighted by Crippen LogP contribution is 2.11. The molecule has 0 fully saturated rings. The molecule has 1 N–H and O–H groups in total. The van der Waals surface area contributed by atoms with Crippen molar-refractivity contribution in [2.24, 2.45) is 5.10 Å². The van der Waals surface area contributed by atoms with Crippen molar-refractivity contribution in [1.29, 1.82) is 0 Å². The molecule has 3 aromatic rings. The van der Waals surface area contributed by atoms with Gasteiger partial charge in [-0.2, -0.15) is 5.10 Å². The first kappa shape index (κ1) is 14.0. The number of nitrogens with zero attached hydrogens (tertiary/aromatic N) is 3. The van der Waals surface area contributed by atoms with E-state index in [0.29, 0.717) is 0 Å². The Kier molecular flexibility index (Phi) is 3.96. The Balaban J connectivity index is 1.62. The molecule has 1 heterocycles. The van der Waals surface area contributed by atoms with Crippen molar-refractivity contribution < 1.29 is 4.79 Å².